The molecule has 0 bridgehead atoms. The quantitative estimate of drug-likeness (QED) is 0.143. The third kappa shape index (κ3) is 7.24. The monoisotopic (exact) mass is 539 g/mol. The number of benzene rings is 3. The lowest BCUT2D eigenvalue weighted by molar-refractivity contribution is -0.124. The van der Waals surface area contributed by atoms with Crippen molar-refractivity contribution < 1.29 is 50.4 Å². The van der Waals surface area contributed by atoms with Gasteiger partial charge in [-0.2, -0.15) is 0 Å². The fraction of sp³-hybridized carbons (Fsp3) is 0.0769. The molecule has 0 heterocycles. The van der Waals surface area contributed by atoms with Crippen molar-refractivity contribution in [3.05, 3.63) is 71.1 Å². The van der Waals surface area contributed by atoms with Crippen LogP contribution in [-0.4, -0.2) is 58.7 Å². The molecule has 0 saturated heterocycles. The van der Waals surface area contributed by atoms with Crippen molar-refractivity contribution in [2.75, 3.05) is 0 Å². The number of phenols is 8. The van der Waals surface area contributed by atoms with Gasteiger partial charge in [0.15, 0.2) is 34.5 Å². The first-order chi connectivity index (χ1) is 18.3. The van der Waals surface area contributed by atoms with Gasteiger partial charge in [-0.15, -0.1) is 0 Å². The molecule has 0 saturated carbocycles. The molecular weight excluding hydrogens is 514 g/mol. The summed E-state index contributed by atoms with van der Waals surface area (Å²) >= 11 is 0. The maximum Gasteiger partial charge on any atom is 0.271 e. The maximum atomic E-state index is 12.9. The topological polar surface area (TPSA) is 246 Å². The SMILES string of the molecule is NC(Cc1cc(O)cc(O)c1)C(=O)NC(=Cc1cc(O)c(O)c(O)c1)C(=O)NC=Cc1cc(O)c(O)c(O)c1. The minimum absolute atomic E-state index is 0.0112. The highest BCUT2D eigenvalue weighted by Crippen LogP contribution is 2.36. The van der Waals surface area contributed by atoms with Gasteiger partial charge in [0.05, 0.1) is 6.04 Å². The van der Waals surface area contributed by atoms with E-state index in [0.29, 0.717) is 5.56 Å². The van der Waals surface area contributed by atoms with Gasteiger partial charge in [-0.1, -0.05) is 0 Å². The second-order valence-electron chi connectivity index (χ2n) is 8.34. The molecule has 0 radical (unpaired) electrons. The van der Waals surface area contributed by atoms with E-state index < -0.39 is 58.1 Å². The fourth-order valence-electron chi connectivity index (χ4n) is 3.39. The number of nitrogens with one attached hydrogen (secondary N) is 2. The molecule has 0 aliphatic rings. The van der Waals surface area contributed by atoms with Crippen LogP contribution in [-0.2, 0) is 16.0 Å². The number of carbonyl (C=O) groups excluding carboxylic acids is 2. The van der Waals surface area contributed by atoms with Gasteiger partial charge < -0.3 is 57.2 Å². The second kappa shape index (κ2) is 11.7. The van der Waals surface area contributed by atoms with Crippen LogP contribution in [0, 0.1) is 0 Å². The van der Waals surface area contributed by atoms with E-state index >= 15 is 0 Å². The van der Waals surface area contributed by atoms with Crippen LogP contribution < -0.4 is 16.4 Å². The predicted octanol–water partition coefficient (Wildman–Crippen LogP) is 1.15. The molecule has 0 aliphatic carbocycles. The van der Waals surface area contributed by atoms with E-state index in [1.165, 1.54) is 18.2 Å². The number of phenolic OH excluding ortho intramolecular Hbond substituents is 8. The number of amides is 2. The molecule has 3 rings (SSSR count). The van der Waals surface area contributed by atoms with E-state index in [-0.39, 0.29) is 29.0 Å². The Hall–Kier alpha value is -5.56. The molecule has 1 atom stereocenters. The second-order valence-corrected chi connectivity index (χ2v) is 8.34. The first-order valence-electron chi connectivity index (χ1n) is 11.1. The highest BCUT2D eigenvalue weighted by Gasteiger charge is 2.20. The zero-order valence-corrected chi connectivity index (χ0v) is 20.0. The molecule has 204 valence electrons. The van der Waals surface area contributed by atoms with Gasteiger partial charge in [0, 0.05) is 12.3 Å². The third-order valence-corrected chi connectivity index (χ3v) is 5.24. The summed E-state index contributed by atoms with van der Waals surface area (Å²) in [6, 6.07) is 6.68. The summed E-state index contributed by atoms with van der Waals surface area (Å²) in [4.78, 5) is 25.7. The van der Waals surface area contributed by atoms with Crippen LogP contribution in [0.4, 0.5) is 0 Å². The summed E-state index contributed by atoms with van der Waals surface area (Å²) in [5.41, 5.74) is 6.09. The average molecular weight is 539 g/mol. The molecule has 13 nitrogen and oxygen atoms in total. The smallest absolute Gasteiger partial charge is 0.271 e. The van der Waals surface area contributed by atoms with Crippen molar-refractivity contribution >= 4 is 24.0 Å². The first kappa shape index (κ1) is 28.0. The van der Waals surface area contributed by atoms with E-state index in [1.54, 1.807) is 0 Å². The Bertz CT molecular complexity index is 1420. The van der Waals surface area contributed by atoms with Gasteiger partial charge in [0.2, 0.25) is 5.91 Å². The van der Waals surface area contributed by atoms with E-state index in [0.717, 1.165) is 42.6 Å². The molecule has 39 heavy (non-hydrogen) atoms. The number of carbonyl (C=O) groups is 2. The van der Waals surface area contributed by atoms with Crippen LogP contribution in [0.2, 0.25) is 0 Å². The largest absolute Gasteiger partial charge is 0.508 e. The van der Waals surface area contributed by atoms with Gasteiger partial charge in [0.1, 0.15) is 17.2 Å². The Kier molecular flexibility index (Phi) is 8.38. The molecule has 0 aromatic heterocycles. The Morgan fingerprint density at radius 3 is 1.74 bits per heavy atom. The van der Waals surface area contributed by atoms with Crippen molar-refractivity contribution in [1.82, 2.24) is 10.6 Å². The first-order valence-corrected chi connectivity index (χ1v) is 11.1. The van der Waals surface area contributed by atoms with E-state index in [2.05, 4.69) is 10.6 Å². The normalized spacial score (nSPS) is 12.3. The van der Waals surface area contributed by atoms with Gasteiger partial charge in [-0.25, -0.2) is 0 Å². The molecule has 3 aromatic rings. The molecule has 2 amide bonds. The number of aromatic hydroxyl groups is 8. The molecule has 0 aliphatic heterocycles. The van der Waals surface area contributed by atoms with Crippen LogP contribution >= 0.6 is 0 Å². The maximum absolute atomic E-state index is 12.9. The molecule has 12 N–H and O–H groups in total. The van der Waals surface area contributed by atoms with Crippen LogP contribution in [0.3, 0.4) is 0 Å². The highest BCUT2D eigenvalue weighted by molar-refractivity contribution is 6.02. The van der Waals surface area contributed by atoms with E-state index in [1.807, 2.05) is 0 Å². The van der Waals surface area contributed by atoms with Crippen molar-refractivity contribution in [3.8, 4) is 46.0 Å². The molecule has 13 heteroatoms. The standard InChI is InChI=1S/C26H25N3O10/c27-17(5-13-3-15(30)11-16(31)4-13)25(38)29-18(6-14-9-21(34)24(37)22(35)10-14)26(39)28-2-1-12-7-19(32)23(36)20(33)8-12/h1-4,6-11,17,30-37H,5,27H2,(H,28,39)(H,29,38). The lowest BCUT2D eigenvalue weighted by Crippen LogP contribution is -2.44. The summed E-state index contributed by atoms with van der Waals surface area (Å²) in [7, 11) is 0. The minimum Gasteiger partial charge on any atom is -0.508 e. The third-order valence-electron chi connectivity index (χ3n) is 5.24. The minimum atomic E-state index is -1.25. The van der Waals surface area contributed by atoms with Crippen molar-refractivity contribution in [2.45, 2.75) is 12.5 Å². The Labute approximate surface area is 220 Å². The Balaban J connectivity index is 1.85. The molecule has 3 aromatic carbocycles. The number of hydrogen-bond donors (Lipinski definition) is 11. The molecular formula is C26H25N3O10. The van der Waals surface area contributed by atoms with Gasteiger partial charge in [0.25, 0.3) is 5.91 Å². The average Bonchev–Trinajstić information content (AvgIpc) is 2.84. The van der Waals surface area contributed by atoms with Crippen molar-refractivity contribution in [3.63, 3.8) is 0 Å². The van der Waals surface area contributed by atoms with Gasteiger partial charge in [-0.05, 0) is 71.7 Å². The highest BCUT2D eigenvalue weighted by atomic mass is 16.3. The Morgan fingerprint density at radius 1 is 0.744 bits per heavy atom. The molecule has 0 fully saturated rings. The summed E-state index contributed by atoms with van der Waals surface area (Å²) in [5.74, 6) is -6.34. The summed E-state index contributed by atoms with van der Waals surface area (Å²) in [5, 5.41) is 81.7. The summed E-state index contributed by atoms with van der Waals surface area (Å²) in [6.45, 7) is 0. The van der Waals surface area contributed by atoms with Gasteiger partial charge >= 0.3 is 0 Å². The zero-order valence-electron chi connectivity index (χ0n) is 20.0. The predicted molar refractivity (Wildman–Crippen MR) is 138 cm³/mol. The number of rotatable bonds is 8. The number of nitrogens with two attached hydrogens (primary N) is 1. The van der Waals surface area contributed by atoms with E-state index in [4.69, 9.17) is 5.73 Å². The van der Waals surface area contributed by atoms with Gasteiger partial charge in [-0.3, -0.25) is 9.59 Å². The van der Waals surface area contributed by atoms with Crippen LogP contribution in [0.5, 0.6) is 46.0 Å². The van der Waals surface area contributed by atoms with Crippen LogP contribution in [0.1, 0.15) is 16.7 Å². The molecule has 1 unspecified atom stereocenters. The lowest BCUT2D eigenvalue weighted by Gasteiger charge is -2.15. The van der Waals surface area contributed by atoms with Crippen molar-refractivity contribution in [2.24, 2.45) is 5.73 Å². The summed E-state index contributed by atoms with van der Waals surface area (Å²) < 4.78 is 0. The van der Waals surface area contributed by atoms with Crippen LogP contribution in [0.15, 0.2) is 54.4 Å². The summed E-state index contributed by atoms with van der Waals surface area (Å²) in [6.07, 6.45) is 3.31. The molecule has 0 spiro atoms. The zero-order chi connectivity index (χ0) is 28.9. The Morgan fingerprint density at radius 2 is 1.23 bits per heavy atom. The van der Waals surface area contributed by atoms with E-state index in [9.17, 15) is 50.4 Å². The fourth-order valence-corrected chi connectivity index (χ4v) is 3.39. The number of hydrogen-bond acceptors (Lipinski definition) is 11. The van der Waals surface area contributed by atoms with Crippen LogP contribution in [0.25, 0.3) is 12.2 Å². The van der Waals surface area contributed by atoms with Crippen molar-refractivity contribution in [1.29, 1.82) is 0 Å². The lowest BCUT2D eigenvalue weighted by atomic mass is 10.0.